The molecule has 0 unspecified atom stereocenters. The highest BCUT2D eigenvalue weighted by Gasteiger charge is 2.46. The van der Waals surface area contributed by atoms with Gasteiger partial charge in [-0.25, -0.2) is 14.4 Å². The number of aliphatic carboxylic acids is 1. The molecule has 0 spiro atoms. The lowest BCUT2D eigenvalue weighted by molar-refractivity contribution is -0.278. The van der Waals surface area contributed by atoms with E-state index in [0.717, 1.165) is 12.1 Å². The van der Waals surface area contributed by atoms with Gasteiger partial charge in [-0.1, -0.05) is 12.1 Å². The number of carbonyl (C=O) groups excluding carboxylic acids is 3. The van der Waals surface area contributed by atoms with Crippen molar-refractivity contribution in [2.75, 3.05) is 6.61 Å². The number of carboxylic acid groups (broad SMARTS) is 2. The molecule has 37 heavy (non-hydrogen) atoms. The number of carboxylic acids is 2. The minimum absolute atomic E-state index is 0.213. The molecule has 14 nitrogen and oxygen atoms in total. The van der Waals surface area contributed by atoms with Crippen LogP contribution in [-0.4, -0.2) is 97.4 Å². The summed E-state index contributed by atoms with van der Waals surface area (Å²) < 4.78 is 15.4. The van der Waals surface area contributed by atoms with E-state index in [2.05, 4.69) is 4.74 Å². The molecule has 5 atom stereocenters. The number of esters is 1. The molecular weight excluding hydrogens is 500 g/mol. The predicted molar refractivity (Wildman–Crippen MR) is 114 cm³/mol. The van der Waals surface area contributed by atoms with Crippen LogP contribution in [0.4, 0.5) is 0 Å². The van der Waals surface area contributed by atoms with Gasteiger partial charge in [0, 0.05) is 11.1 Å². The van der Waals surface area contributed by atoms with Crippen molar-refractivity contribution < 1.29 is 68.8 Å². The summed E-state index contributed by atoms with van der Waals surface area (Å²) in [6, 6.07) is 5.52. The molecule has 0 saturated carbocycles. The number of aromatic hydroxyl groups is 1. The van der Waals surface area contributed by atoms with Gasteiger partial charge in [-0.05, 0) is 18.2 Å². The summed E-state index contributed by atoms with van der Waals surface area (Å²) in [4.78, 5) is 59.5. The minimum atomic E-state index is -1.92. The topological polar surface area (TPSA) is 234 Å². The number of carbonyl (C=O) groups is 5. The number of hydrogen-bond acceptors (Lipinski definition) is 12. The van der Waals surface area contributed by atoms with Crippen molar-refractivity contribution in [2.24, 2.45) is 0 Å². The van der Waals surface area contributed by atoms with Crippen LogP contribution < -0.4 is 4.74 Å². The maximum absolute atomic E-state index is 13.3. The van der Waals surface area contributed by atoms with Crippen LogP contribution in [0.25, 0.3) is 0 Å². The standard InChI is InChI=1S/C23H18O14/c24-10-5-7(20(30)31)4-9-13(10)17(27)14-8(15(9)25)2-1-3-11(14)36-23-19(29)18(28)16(26)12(37-23)6-35-22(34)21(32)33/h1-5,12,16,18-19,23-24,26,28-29H,6H2,(H,30,31)(H,32,33)/t12-,16+,18-,19-,23+/m1/s1. The van der Waals surface area contributed by atoms with E-state index < -0.39 is 83.7 Å². The fourth-order valence-corrected chi connectivity index (χ4v) is 3.99. The van der Waals surface area contributed by atoms with E-state index in [0.29, 0.717) is 0 Å². The zero-order chi connectivity index (χ0) is 27.2. The second kappa shape index (κ2) is 9.59. The zero-order valence-corrected chi connectivity index (χ0v) is 18.4. The van der Waals surface area contributed by atoms with Gasteiger partial charge in [0.15, 0.2) is 5.78 Å². The molecule has 0 aromatic heterocycles. The second-order valence-corrected chi connectivity index (χ2v) is 8.10. The number of phenolic OH excluding ortho intramolecular Hbond substituents is 1. The SMILES string of the molecule is O=C(O)C(=O)OC[C@H]1O[C@H](Oc2cccc3c2C(=O)c2c(O)cc(C(=O)O)cc2C3=O)[C@H](O)[C@H](O)[C@H]1O. The molecule has 194 valence electrons. The number of ether oxygens (including phenoxy) is 3. The molecule has 6 N–H and O–H groups in total. The van der Waals surface area contributed by atoms with Gasteiger partial charge >= 0.3 is 17.9 Å². The van der Waals surface area contributed by atoms with Crippen molar-refractivity contribution in [1.29, 1.82) is 0 Å². The van der Waals surface area contributed by atoms with Crippen LogP contribution in [0.1, 0.15) is 42.2 Å². The summed E-state index contributed by atoms with van der Waals surface area (Å²) in [5.74, 6) is -7.83. The monoisotopic (exact) mass is 518 g/mol. The third-order valence-corrected chi connectivity index (χ3v) is 5.80. The number of benzene rings is 2. The first kappa shape index (κ1) is 25.7. The van der Waals surface area contributed by atoms with Gasteiger partial charge in [0.1, 0.15) is 42.5 Å². The fraction of sp³-hybridized carbons (Fsp3) is 0.261. The Kier molecular flexibility index (Phi) is 6.66. The first-order chi connectivity index (χ1) is 17.4. The lowest BCUT2D eigenvalue weighted by atomic mass is 9.82. The normalized spacial score (nSPS) is 24.6. The number of rotatable bonds is 5. The third kappa shape index (κ3) is 4.49. The Hall–Kier alpha value is -4.37. The highest BCUT2D eigenvalue weighted by atomic mass is 16.7. The van der Waals surface area contributed by atoms with Crippen molar-refractivity contribution in [3.63, 3.8) is 0 Å². The van der Waals surface area contributed by atoms with Gasteiger partial charge in [-0.3, -0.25) is 9.59 Å². The average Bonchev–Trinajstić information content (AvgIpc) is 2.85. The van der Waals surface area contributed by atoms with Crippen LogP contribution >= 0.6 is 0 Å². The van der Waals surface area contributed by atoms with E-state index >= 15 is 0 Å². The smallest absolute Gasteiger partial charge is 0.417 e. The van der Waals surface area contributed by atoms with E-state index in [1.54, 1.807) is 0 Å². The molecule has 2 aromatic rings. The van der Waals surface area contributed by atoms with Crippen molar-refractivity contribution in [2.45, 2.75) is 30.7 Å². The van der Waals surface area contributed by atoms with Crippen molar-refractivity contribution in [3.8, 4) is 11.5 Å². The number of fused-ring (bicyclic) bond motifs is 2. The molecule has 1 heterocycles. The van der Waals surface area contributed by atoms with E-state index in [9.17, 15) is 49.5 Å². The van der Waals surface area contributed by atoms with Gasteiger partial charge in [-0.15, -0.1) is 0 Å². The number of aliphatic hydroxyl groups excluding tert-OH is 3. The summed E-state index contributed by atoms with van der Waals surface area (Å²) in [6.07, 6.45) is -9.00. The Morgan fingerprint density at radius 2 is 1.59 bits per heavy atom. The quantitative estimate of drug-likeness (QED) is 0.170. The molecule has 0 amide bonds. The number of phenols is 1. The van der Waals surface area contributed by atoms with Crippen LogP contribution in [0.3, 0.4) is 0 Å². The van der Waals surface area contributed by atoms with Gasteiger partial charge in [-0.2, -0.15) is 0 Å². The number of aliphatic hydroxyl groups is 3. The molecule has 1 aliphatic carbocycles. The van der Waals surface area contributed by atoms with Crippen molar-refractivity contribution in [3.05, 3.63) is 58.1 Å². The maximum Gasteiger partial charge on any atom is 0.417 e. The molecule has 0 bridgehead atoms. The van der Waals surface area contributed by atoms with Crippen molar-refractivity contribution >= 4 is 29.5 Å². The Labute approximate surface area is 205 Å². The first-order valence-corrected chi connectivity index (χ1v) is 10.5. The minimum Gasteiger partial charge on any atom is -0.507 e. The lowest BCUT2D eigenvalue weighted by Gasteiger charge is -2.40. The highest BCUT2D eigenvalue weighted by Crippen LogP contribution is 2.38. The largest absolute Gasteiger partial charge is 0.507 e. The van der Waals surface area contributed by atoms with Crippen LogP contribution in [0.5, 0.6) is 11.5 Å². The molecule has 2 aliphatic rings. The van der Waals surface area contributed by atoms with E-state index in [1.165, 1.54) is 18.2 Å². The second-order valence-electron chi connectivity index (χ2n) is 8.10. The first-order valence-electron chi connectivity index (χ1n) is 10.5. The molecular formula is C23H18O14. The molecule has 4 rings (SSSR count). The zero-order valence-electron chi connectivity index (χ0n) is 18.4. The average molecular weight is 518 g/mol. The summed E-state index contributed by atoms with van der Waals surface area (Å²) in [6.45, 7) is -0.840. The predicted octanol–water partition coefficient (Wildman–Crippen LogP) is -1.32. The number of aromatic carboxylic acids is 1. The van der Waals surface area contributed by atoms with Gasteiger partial charge < -0.3 is 44.8 Å². The number of ketones is 2. The third-order valence-electron chi connectivity index (χ3n) is 5.80. The Morgan fingerprint density at radius 3 is 2.24 bits per heavy atom. The van der Waals surface area contributed by atoms with Crippen LogP contribution in [-0.2, 0) is 19.1 Å². The molecule has 1 saturated heterocycles. The fourth-order valence-electron chi connectivity index (χ4n) is 3.99. The maximum atomic E-state index is 13.3. The lowest BCUT2D eigenvalue weighted by Crippen LogP contribution is -2.60. The molecule has 0 radical (unpaired) electrons. The summed E-state index contributed by atoms with van der Waals surface area (Å²) >= 11 is 0. The Morgan fingerprint density at radius 1 is 0.892 bits per heavy atom. The molecule has 2 aromatic carbocycles. The molecule has 14 heteroatoms. The summed E-state index contributed by atoms with van der Waals surface area (Å²) in [5, 5.41) is 58.8. The van der Waals surface area contributed by atoms with Gasteiger partial charge in [0.2, 0.25) is 12.1 Å². The summed E-state index contributed by atoms with van der Waals surface area (Å²) in [7, 11) is 0. The van der Waals surface area contributed by atoms with Crippen molar-refractivity contribution in [1.82, 2.24) is 0 Å². The number of hydrogen-bond donors (Lipinski definition) is 6. The Bertz CT molecular complexity index is 1330. The van der Waals surface area contributed by atoms with Crippen LogP contribution in [0.15, 0.2) is 30.3 Å². The molecule has 1 aliphatic heterocycles. The van der Waals surface area contributed by atoms with E-state index in [-0.39, 0.29) is 22.4 Å². The summed E-state index contributed by atoms with van der Waals surface area (Å²) in [5.41, 5.74) is -1.81. The molecule has 1 fully saturated rings. The van der Waals surface area contributed by atoms with Crippen LogP contribution in [0.2, 0.25) is 0 Å². The van der Waals surface area contributed by atoms with Gasteiger partial charge in [0.25, 0.3) is 0 Å². The van der Waals surface area contributed by atoms with E-state index in [4.69, 9.17) is 14.6 Å². The van der Waals surface area contributed by atoms with Crippen LogP contribution in [0, 0.1) is 0 Å². The van der Waals surface area contributed by atoms with Gasteiger partial charge in [0.05, 0.1) is 16.7 Å². The highest BCUT2D eigenvalue weighted by molar-refractivity contribution is 6.30. The Balaban J connectivity index is 1.66. The van der Waals surface area contributed by atoms with E-state index in [1.807, 2.05) is 0 Å².